The molecule has 2 rings (SSSR count). The Hall–Kier alpha value is -1.65. The van der Waals surface area contributed by atoms with E-state index >= 15 is 0 Å². The minimum Gasteiger partial charge on any atom is -0.508 e. The predicted molar refractivity (Wildman–Crippen MR) is 49.6 cm³/mol. The van der Waals surface area contributed by atoms with E-state index in [0.717, 1.165) is 10.6 Å². The Morgan fingerprint density at radius 3 is 2.47 bits per heavy atom. The van der Waals surface area contributed by atoms with Gasteiger partial charge in [0, 0.05) is 18.5 Å². The van der Waals surface area contributed by atoms with Crippen molar-refractivity contribution >= 4 is 10.9 Å². The van der Waals surface area contributed by atoms with E-state index in [1.807, 2.05) is 0 Å². The third kappa shape index (κ3) is 1.54. The molecule has 2 aromatic rings. The van der Waals surface area contributed by atoms with Gasteiger partial charge in [0.05, 0.1) is 5.52 Å². The first-order valence-electron chi connectivity index (χ1n) is 4.25. The Labute approximate surface area is 83.6 Å². The lowest BCUT2D eigenvalue weighted by molar-refractivity contribution is -0.142. The van der Waals surface area contributed by atoms with Gasteiger partial charge in [0.2, 0.25) is 0 Å². The van der Waals surface area contributed by atoms with Crippen LogP contribution in [0.25, 0.3) is 10.9 Å². The molecule has 1 heterocycles. The largest absolute Gasteiger partial charge is 0.508 e. The molecule has 0 aliphatic heterocycles. The lowest BCUT2D eigenvalue weighted by Crippen LogP contribution is -2.10. The van der Waals surface area contributed by atoms with Gasteiger partial charge in [0.25, 0.3) is 0 Å². The molecule has 0 bridgehead atoms. The van der Waals surface area contributed by atoms with Crippen molar-refractivity contribution in [3.8, 4) is 5.75 Å². The summed E-state index contributed by atoms with van der Waals surface area (Å²) in [7, 11) is 1.32. The molecule has 0 fully saturated rings. The van der Waals surface area contributed by atoms with Gasteiger partial charge in [-0.2, -0.15) is 13.2 Å². The van der Waals surface area contributed by atoms with Gasteiger partial charge in [-0.05, 0) is 18.2 Å². The first-order valence-corrected chi connectivity index (χ1v) is 4.25. The van der Waals surface area contributed by atoms with Crippen molar-refractivity contribution in [2.45, 2.75) is 6.18 Å². The van der Waals surface area contributed by atoms with Crippen LogP contribution in [0.3, 0.4) is 0 Å². The maximum absolute atomic E-state index is 12.5. The number of aromatic hydroxyl groups is 1. The van der Waals surface area contributed by atoms with Crippen LogP contribution in [-0.2, 0) is 13.2 Å². The summed E-state index contributed by atoms with van der Waals surface area (Å²) in [6.07, 6.45) is -4.37. The first kappa shape index (κ1) is 9.89. The zero-order valence-electron chi connectivity index (χ0n) is 7.84. The highest BCUT2D eigenvalue weighted by Crippen LogP contribution is 2.34. The average Bonchev–Trinajstić information content (AvgIpc) is 2.43. The highest BCUT2D eigenvalue weighted by atomic mass is 19.4. The van der Waals surface area contributed by atoms with Crippen molar-refractivity contribution in [3.63, 3.8) is 0 Å². The number of alkyl halides is 3. The summed E-state index contributed by atoms with van der Waals surface area (Å²) in [6, 6.07) is 5.20. The van der Waals surface area contributed by atoms with Crippen molar-refractivity contribution in [2.24, 2.45) is 7.05 Å². The van der Waals surface area contributed by atoms with Crippen molar-refractivity contribution in [1.29, 1.82) is 0 Å². The molecule has 0 aliphatic carbocycles. The highest BCUT2D eigenvalue weighted by Gasteiger charge is 2.34. The summed E-state index contributed by atoms with van der Waals surface area (Å²) in [4.78, 5) is 0. The number of rotatable bonds is 0. The summed E-state index contributed by atoms with van der Waals surface area (Å²) in [5.74, 6) is -0.0441. The second-order valence-electron chi connectivity index (χ2n) is 3.33. The third-order valence-electron chi connectivity index (χ3n) is 2.32. The average molecular weight is 215 g/mol. The van der Waals surface area contributed by atoms with E-state index in [4.69, 9.17) is 0 Å². The fourth-order valence-corrected chi connectivity index (χ4v) is 1.59. The quantitative estimate of drug-likeness (QED) is 0.718. The fourth-order valence-electron chi connectivity index (χ4n) is 1.59. The predicted octanol–water partition coefficient (Wildman–Crippen LogP) is 2.90. The Kier molecular flexibility index (Phi) is 1.92. The minimum absolute atomic E-state index is 0.0441. The number of benzene rings is 1. The zero-order chi connectivity index (χ0) is 11.2. The van der Waals surface area contributed by atoms with Crippen LogP contribution in [0.2, 0.25) is 0 Å². The van der Waals surface area contributed by atoms with E-state index in [2.05, 4.69) is 0 Å². The van der Waals surface area contributed by atoms with Gasteiger partial charge in [-0.15, -0.1) is 0 Å². The topological polar surface area (TPSA) is 25.2 Å². The van der Waals surface area contributed by atoms with Crippen LogP contribution in [0.1, 0.15) is 5.69 Å². The summed E-state index contributed by atoms with van der Waals surface area (Å²) < 4.78 is 38.5. The summed E-state index contributed by atoms with van der Waals surface area (Å²) >= 11 is 0. The van der Waals surface area contributed by atoms with Crippen molar-refractivity contribution in [3.05, 3.63) is 30.0 Å². The van der Waals surface area contributed by atoms with E-state index in [1.165, 1.54) is 25.2 Å². The molecular formula is C10H8F3NO. The number of halogens is 3. The lowest BCUT2D eigenvalue weighted by Gasteiger charge is -2.07. The maximum atomic E-state index is 12.5. The van der Waals surface area contributed by atoms with Crippen molar-refractivity contribution < 1.29 is 18.3 Å². The lowest BCUT2D eigenvalue weighted by atomic mass is 10.2. The van der Waals surface area contributed by atoms with Gasteiger partial charge in [-0.1, -0.05) is 0 Å². The molecule has 0 saturated heterocycles. The molecule has 2 nitrogen and oxygen atoms in total. The summed E-state index contributed by atoms with van der Waals surface area (Å²) in [5.41, 5.74) is -0.356. The van der Waals surface area contributed by atoms with Crippen LogP contribution in [0.15, 0.2) is 24.3 Å². The zero-order valence-corrected chi connectivity index (χ0v) is 7.84. The van der Waals surface area contributed by atoms with E-state index in [-0.39, 0.29) is 5.75 Å². The Morgan fingerprint density at radius 2 is 1.87 bits per heavy atom. The van der Waals surface area contributed by atoms with Crippen molar-refractivity contribution in [2.75, 3.05) is 0 Å². The molecule has 0 spiro atoms. The molecule has 0 atom stereocenters. The van der Waals surface area contributed by atoms with E-state index in [9.17, 15) is 18.3 Å². The van der Waals surface area contributed by atoms with Crippen LogP contribution in [-0.4, -0.2) is 9.67 Å². The van der Waals surface area contributed by atoms with E-state index < -0.39 is 11.9 Å². The first-order chi connectivity index (χ1) is 6.89. The van der Waals surface area contributed by atoms with Crippen molar-refractivity contribution in [1.82, 2.24) is 4.57 Å². The molecule has 1 aromatic carbocycles. The molecule has 1 N–H and O–H groups in total. The third-order valence-corrected chi connectivity index (χ3v) is 2.32. The minimum atomic E-state index is -4.37. The Balaban J connectivity index is 2.76. The number of hydrogen-bond donors (Lipinski definition) is 1. The maximum Gasteiger partial charge on any atom is 0.431 e. The van der Waals surface area contributed by atoms with Gasteiger partial charge in [0.15, 0.2) is 0 Å². The highest BCUT2D eigenvalue weighted by molar-refractivity contribution is 5.82. The number of phenolic OH excluding ortho intramolecular Hbond substituents is 1. The van der Waals surface area contributed by atoms with Crippen LogP contribution in [0.4, 0.5) is 13.2 Å². The molecular weight excluding hydrogens is 207 g/mol. The molecule has 1 aromatic heterocycles. The Bertz CT molecular complexity index is 513. The second-order valence-corrected chi connectivity index (χ2v) is 3.33. The summed E-state index contributed by atoms with van der Waals surface area (Å²) in [6.45, 7) is 0. The van der Waals surface area contributed by atoms with Gasteiger partial charge < -0.3 is 9.67 Å². The number of aromatic nitrogens is 1. The molecule has 80 valence electrons. The fraction of sp³-hybridized carbons (Fsp3) is 0.200. The Morgan fingerprint density at radius 1 is 1.20 bits per heavy atom. The van der Waals surface area contributed by atoms with Crippen LogP contribution in [0, 0.1) is 0 Å². The molecule has 0 unspecified atom stereocenters. The van der Waals surface area contributed by atoms with E-state index in [1.54, 1.807) is 0 Å². The van der Waals surface area contributed by atoms with E-state index in [0.29, 0.717) is 10.9 Å². The molecule has 0 aliphatic rings. The number of fused-ring (bicyclic) bond motifs is 1. The molecule has 15 heavy (non-hydrogen) atoms. The monoisotopic (exact) mass is 215 g/mol. The van der Waals surface area contributed by atoms with Gasteiger partial charge in [0.1, 0.15) is 11.4 Å². The number of nitrogens with zero attached hydrogens (tertiary/aromatic N) is 1. The van der Waals surface area contributed by atoms with Gasteiger partial charge in [-0.3, -0.25) is 0 Å². The molecule has 5 heteroatoms. The molecule has 0 amide bonds. The standard InChI is InChI=1S/C10H8F3NO/c1-14-8-5-7(15)3-2-6(8)4-9(14)10(11,12)13/h2-5,15H,1H3. The van der Waals surface area contributed by atoms with Gasteiger partial charge in [-0.25, -0.2) is 0 Å². The molecule has 0 radical (unpaired) electrons. The summed E-state index contributed by atoms with van der Waals surface area (Å²) in [5, 5.41) is 9.63. The second kappa shape index (κ2) is 2.92. The van der Waals surface area contributed by atoms with Crippen LogP contribution < -0.4 is 0 Å². The smallest absolute Gasteiger partial charge is 0.431 e. The SMILES string of the molecule is Cn1c(C(F)(F)F)cc2ccc(O)cc21. The van der Waals surface area contributed by atoms with Crippen LogP contribution in [0.5, 0.6) is 5.75 Å². The normalized spacial score (nSPS) is 12.3. The van der Waals surface area contributed by atoms with Gasteiger partial charge >= 0.3 is 6.18 Å². The number of phenols is 1. The number of hydrogen-bond acceptors (Lipinski definition) is 1. The number of aryl methyl sites for hydroxylation is 1. The van der Waals surface area contributed by atoms with Crippen LogP contribution >= 0.6 is 0 Å². The molecule has 0 saturated carbocycles.